The molecule has 0 fully saturated rings. The molecule has 0 unspecified atom stereocenters. The quantitative estimate of drug-likeness (QED) is 0.0787. The molecule has 0 radical (unpaired) electrons. The number of phenolic OH excluding ortho intramolecular Hbond substituents is 2. The molecule has 270 valence electrons. The maximum atomic E-state index is 13.0. The van der Waals surface area contributed by atoms with Crippen LogP contribution in [0.1, 0.15) is 79.1 Å². The predicted octanol–water partition coefficient (Wildman–Crippen LogP) is 7.64. The zero-order chi connectivity index (χ0) is 37.0. The fourth-order valence-corrected chi connectivity index (χ4v) is 6.31. The molecular formula is C44H48N2O6. The van der Waals surface area contributed by atoms with Crippen LogP contribution in [0.25, 0.3) is 0 Å². The lowest BCUT2D eigenvalue weighted by Crippen LogP contribution is -2.30. The van der Waals surface area contributed by atoms with Gasteiger partial charge in [-0.2, -0.15) is 0 Å². The number of hydrogen-bond acceptors (Lipinski definition) is 6. The number of para-hydroxylation sites is 4. The van der Waals surface area contributed by atoms with Gasteiger partial charge in [0.1, 0.15) is 36.2 Å². The van der Waals surface area contributed by atoms with E-state index in [0.717, 1.165) is 68.8 Å². The van der Waals surface area contributed by atoms with E-state index in [2.05, 4.69) is 10.6 Å². The summed E-state index contributed by atoms with van der Waals surface area (Å²) in [5.41, 5.74) is 8.08. The molecule has 0 spiro atoms. The third kappa shape index (κ3) is 9.31. The summed E-state index contributed by atoms with van der Waals surface area (Å²) in [7, 11) is 0. The fraction of sp³-hybridized carbons (Fsp3) is 0.273. The lowest BCUT2D eigenvalue weighted by atomic mass is 9.98. The number of aromatic hydroxyl groups is 2. The number of carbonyl (C=O) groups is 2. The van der Waals surface area contributed by atoms with Gasteiger partial charge in [0.15, 0.2) is 0 Å². The number of ether oxygens (including phenoxy) is 2. The van der Waals surface area contributed by atoms with Crippen molar-refractivity contribution >= 4 is 11.8 Å². The monoisotopic (exact) mass is 700 g/mol. The van der Waals surface area contributed by atoms with Crippen LogP contribution in [0.4, 0.5) is 0 Å². The Morgan fingerprint density at radius 1 is 0.538 bits per heavy atom. The van der Waals surface area contributed by atoms with Gasteiger partial charge in [-0.05, 0) is 89.4 Å². The molecule has 0 aliphatic carbocycles. The van der Waals surface area contributed by atoms with Crippen molar-refractivity contribution in [2.45, 2.75) is 53.4 Å². The van der Waals surface area contributed by atoms with Crippen LogP contribution in [-0.4, -0.2) is 48.3 Å². The van der Waals surface area contributed by atoms with Crippen LogP contribution in [-0.2, 0) is 25.7 Å². The van der Waals surface area contributed by atoms with E-state index in [9.17, 15) is 19.8 Å². The maximum Gasteiger partial charge on any atom is 0.251 e. The Kier molecular flexibility index (Phi) is 12.9. The molecule has 0 saturated carbocycles. The van der Waals surface area contributed by atoms with Crippen molar-refractivity contribution in [2.24, 2.45) is 0 Å². The first kappa shape index (κ1) is 37.5. The molecule has 0 bridgehead atoms. The van der Waals surface area contributed by atoms with Gasteiger partial charge in [-0.15, -0.1) is 0 Å². The lowest BCUT2D eigenvalue weighted by Gasteiger charge is -2.16. The molecule has 8 heteroatoms. The molecule has 0 atom stereocenters. The molecule has 5 aromatic carbocycles. The van der Waals surface area contributed by atoms with Crippen molar-refractivity contribution < 1.29 is 29.3 Å². The minimum absolute atomic E-state index is 0.250. The van der Waals surface area contributed by atoms with Crippen LogP contribution in [0.5, 0.6) is 23.0 Å². The summed E-state index contributed by atoms with van der Waals surface area (Å²) < 4.78 is 12.3. The number of aryl methyl sites for hydroxylation is 4. The van der Waals surface area contributed by atoms with E-state index in [1.165, 1.54) is 0 Å². The van der Waals surface area contributed by atoms with Crippen LogP contribution in [0.2, 0.25) is 0 Å². The van der Waals surface area contributed by atoms with Crippen LogP contribution in [0.3, 0.4) is 0 Å². The van der Waals surface area contributed by atoms with Crippen molar-refractivity contribution in [1.82, 2.24) is 10.6 Å². The highest BCUT2D eigenvalue weighted by molar-refractivity contribution is 5.99. The predicted molar refractivity (Wildman–Crippen MR) is 205 cm³/mol. The second-order valence-electron chi connectivity index (χ2n) is 12.8. The van der Waals surface area contributed by atoms with Gasteiger partial charge >= 0.3 is 0 Å². The van der Waals surface area contributed by atoms with Gasteiger partial charge in [0.25, 0.3) is 11.8 Å². The molecule has 0 aliphatic heterocycles. The summed E-state index contributed by atoms with van der Waals surface area (Å²) in [6.45, 7) is 9.01. The molecule has 0 saturated heterocycles. The Balaban J connectivity index is 1.11. The zero-order valence-corrected chi connectivity index (χ0v) is 30.4. The molecule has 0 heterocycles. The number of nitrogens with one attached hydrogen (secondary N) is 2. The molecule has 0 aromatic heterocycles. The van der Waals surface area contributed by atoms with Crippen molar-refractivity contribution in [2.75, 3.05) is 26.3 Å². The van der Waals surface area contributed by atoms with Gasteiger partial charge in [0, 0.05) is 24.0 Å². The van der Waals surface area contributed by atoms with Crippen LogP contribution in [0.15, 0.2) is 97.1 Å². The molecule has 5 rings (SSSR count). The van der Waals surface area contributed by atoms with E-state index < -0.39 is 0 Å². The molecule has 52 heavy (non-hydrogen) atoms. The molecule has 4 N–H and O–H groups in total. The Hall–Kier alpha value is -5.76. The molecule has 2 amide bonds. The van der Waals surface area contributed by atoms with E-state index in [1.54, 1.807) is 24.3 Å². The van der Waals surface area contributed by atoms with E-state index in [1.807, 2.05) is 100 Å². The average molecular weight is 701 g/mol. The zero-order valence-electron chi connectivity index (χ0n) is 30.4. The standard InChI is InChI=1S/C44H48N2O6/c1-5-31-14-9-16-33(39(31)47)26-35-18-7-12-29(3)41(35)51-24-22-45-43(49)37-20-11-21-38(28-37)44(50)46-23-25-52-42-30(4)13-8-19-36(42)27-34-17-10-15-32(6-2)40(34)48/h7-21,28,47-48H,5-6,22-27H2,1-4H3,(H,45,49)(H,46,50). The number of hydrogen-bond donors (Lipinski definition) is 4. The lowest BCUT2D eigenvalue weighted by molar-refractivity contribution is 0.0946. The van der Waals surface area contributed by atoms with Gasteiger partial charge in [0.05, 0.1) is 13.1 Å². The Morgan fingerprint density at radius 2 is 0.904 bits per heavy atom. The first-order chi connectivity index (χ1) is 25.2. The average Bonchev–Trinajstić information content (AvgIpc) is 3.15. The van der Waals surface area contributed by atoms with Crippen molar-refractivity contribution in [1.29, 1.82) is 0 Å². The summed E-state index contributed by atoms with van der Waals surface area (Å²) in [5, 5.41) is 27.2. The van der Waals surface area contributed by atoms with Crippen molar-refractivity contribution in [3.8, 4) is 23.0 Å². The van der Waals surface area contributed by atoms with E-state index >= 15 is 0 Å². The minimum Gasteiger partial charge on any atom is -0.507 e. The summed E-state index contributed by atoms with van der Waals surface area (Å²) in [5.74, 6) is 1.49. The molecule has 5 aromatic rings. The molecule has 0 aliphatic rings. The Labute approximate surface area is 306 Å². The highest BCUT2D eigenvalue weighted by Crippen LogP contribution is 2.32. The Morgan fingerprint density at radius 3 is 1.33 bits per heavy atom. The smallest absolute Gasteiger partial charge is 0.251 e. The number of carbonyl (C=O) groups excluding carboxylic acids is 2. The van der Waals surface area contributed by atoms with Crippen molar-refractivity contribution in [3.63, 3.8) is 0 Å². The van der Waals surface area contributed by atoms with Gasteiger partial charge in [-0.1, -0.05) is 92.7 Å². The Bertz CT molecular complexity index is 1880. The number of amides is 2. The fourth-order valence-electron chi connectivity index (χ4n) is 6.31. The van der Waals surface area contributed by atoms with E-state index in [0.29, 0.717) is 35.5 Å². The second kappa shape index (κ2) is 17.9. The second-order valence-corrected chi connectivity index (χ2v) is 12.8. The maximum absolute atomic E-state index is 13.0. The van der Waals surface area contributed by atoms with Gasteiger partial charge in [-0.3, -0.25) is 9.59 Å². The number of phenols is 2. The van der Waals surface area contributed by atoms with Crippen LogP contribution >= 0.6 is 0 Å². The molecular weight excluding hydrogens is 652 g/mol. The highest BCUT2D eigenvalue weighted by atomic mass is 16.5. The SMILES string of the molecule is CCc1cccc(Cc2cccc(C)c2OCCNC(=O)c2cccc(C(=O)NCCOc3c(C)cccc3Cc3cccc(CC)c3O)c2)c1O. The summed E-state index contributed by atoms with van der Waals surface area (Å²) in [4.78, 5) is 26.0. The highest BCUT2D eigenvalue weighted by Gasteiger charge is 2.15. The van der Waals surface area contributed by atoms with Gasteiger partial charge in [0.2, 0.25) is 0 Å². The first-order valence-electron chi connectivity index (χ1n) is 17.9. The summed E-state index contributed by atoms with van der Waals surface area (Å²) in [6.07, 6.45) is 2.54. The topological polar surface area (TPSA) is 117 Å². The summed E-state index contributed by atoms with van der Waals surface area (Å²) in [6, 6.07) is 30.1. The third-order valence-corrected chi connectivity index (χ3v) is 9.17. The van der Waals surface area contributed by atoms with Crippen LogP contribution < -0.4 is 20.1 Å². The third-order valence-electron chi connectivity index (χ3n) is 9.17. The van der Waals surface area contributed by atoms with E-state index in [-0.39, 0.29) is 38.1 Å². The normalized spacial score (nSPS) is 10.8. The number of benzene rings is 5. The molecule has 8 nitrogen and oxygen atoms in total. The largest absolute Gasteiger partial charge is 0.507 e. The minimum atomic E-state index is -0.310. The van der Waals surface area contributed by atoms with E-state index in [4.69, 9.17) is 9.47 Å². The first-order valence-corrected chi connectivity index (χ1v) is 17.9. The van der Waals surface area contributed by atoms with Crippen LogP contribution in [0, 0.1) is 13.8 Å². The van der Waals surface area contributed by atoms with Gasteiger partial charge in [-0.25, -0.2) is 0 Å². The number of rotatable bonds is 16. The summed E-state index contributed by atoms with van der Waals surface area (Å²) >= 11 is 0. The van der Waals surface area contributed by atoms with Crippen molar-refractivity contribution in [3.05, 3.63) is 153 Å². The van der Waals surface area contributed by atoms with Gasteiger partial charge < -0.3 is 30.3 Å².